The van der Waals surface area contributed by atoms with Gasteiger partial charge in [0.05, 0.1) is 6.61 Å². The molecule has 0 saturated heterocycles. The minimum absolute atomic E-state index is 0.152. The largest absolute Gasteiger partial charge is 0.392 e. The maximum atomic E-state index is 10.7. The highest BCUT2D eigenvalue weighted by Gasteiger charge is 2.25. The van der Waals surface area contributed by atoms with Gasteiger partial charge in [0.2, 0.25) is 5.91 Å². The van der Waals surface area contributed by atoms with Crippen LogP contribution in [0, 0.1) is 0 Å². The van der Waals surface area contributed by atoms with Crippen LogP contribution in [-0.2, 0) is 11.4 Å². The van der Waals surface area contributed by atoms with E-state index in [1.54, 1.807) is 6.07 Å². The highest BCUT2D eigenvalue weighted by Crippen LogP contribution is 2.26. The topological polar surface area (TPSA) is 104 Å². The van der Waals surface area contributed by atoms with E-state index in [0.29, 0.717) is 5.56 Å². The average molecular weight is 246 g/mol. The molecule has 5 N–H and O–H groups in total. The Kier molecular flexibility index (Phi) is 4.26. The zero-order valence-electron chi connectivity index (χ0n) is 8.30. The molecule has 0 spiro atoms. The van der Waals surface area contributed by atoms with Crippen molar-refractivity contribution in [2.75, 3.05) is 0 Å². The lowest BCUT2D eigenvalue weighted by Crippen LogP contribution is -2.34. The zero-order chi connectivity index (χ0) is 12.3. The summed E-state index contributed by atoms with van der Waals surface area (Å²) in [4.78, 5) is 10.7. The number of aliphatic hydroxyl groups excluding tert-OH is 3. The summed E-state index contributed by atoms with van der Waals surface area (Å²) in [6.07, 6.45) is -3.23. The number of nitrogens with two attached hydrogens (primary N) is 1. The van der Waals surface area contributed by atoms with E-state index in [2.05, 4.69) is 0 Å². The fourth-order valence-corrected chi connectivity index (χ4v) is 1.47. The monoisotopic (exact) mass is 245 g/mol. The number of primary amides is 1. The van der Waals surface area contributed by atoms with Crippen molar-refractivity contribution in [2.24, 2.45) is 5.73 Å². The fraction of sp³-hybridized carbons (Fsp3) is 0.300. The van der Waals surface area contributed by atoms with E-state index in [1.165, 1.54) is 12.1 Å². The van der Waals surface area contributed by atoms with Crippen LogP contribution in [-0.4, -0.2) is 27.3 Å². The first-order chi connectivity index (χ1) is 7.47. The molecule has 2 unspecified atom stereocenters. The van der Waals surface area contributed by atoms with Crippen LogP contribution in [0.4, 0.5) is 0 Å². The zero-order valence-corrected chi connectivity index (χ0v) is 9.05. The number of hydrogen-bond donors (Lipinski definition) is 4. The van der Waals surface area contributed by atoms with Crippen molar-refractivity contribution in [3.8, 4) is 0 Å². The Morgan fingerprint density at radius 1 is 1.44 bits per heavy atom. The molecular formula is C10H12ClNO4. The lowest BCUT2D eigenvalue weighted by Gasteiger charge is -2.17. The number of halogens is 1. The van der Waals surface area contributed by atoms with Gasteiger partial charge in [0, 0.05) is 10.6 Å². The van der Waals surface area contributed by atoms with Crippen LogP contribution in [0.3, 0.4) is 0 Å². The van der Waals surface area contributed by atoms with Crippen LogP contribution >= 0.6 is 11.6 Å². The molecule has 0 aliphatic rings. The number of carbonyl (C=O) groups excluding carboxylic acids is 1. The summed E-state index contributed by atoms with van der Waals surface area (Å²) in [7, 11) is 0. The maximum absolute atomic E-state index is 10.7. The second kappa shape index (κ2) is 5.27. The molecule has 1 aromatic carbocycles. The number of amides is 1. The van der Waals surface area contributed by atoms with Gasteiger partial charge in [-0.05, 0) is 17.7 Å². The molecule has 1 amide bonds. The maximum Gasteiger partial charge on any atom is 0.249 e. The van der Waals surface area contributed by atoms with Crippen molar-refractivity contribution in [1.29, 1.82) is 0 Å². The normalized spacial score (nSPS) is 14.5. The van der Waals surface area contributed by atoms with Crippen molar-refractivity contribution < 1.29 is 20.1 Å². The Morgan fingerprint density at radius 2 is 2.06 bits per heavy atom. The Labute approximate surface area is 97.1 Å². The minimum atomic E-state index is -1.73. The van der Waals surface area contributed by atoms with Crippen molar-refractivity contribution >= 4 is 17.5 Å². The van der Waals surface area contributed by atoms with Gasteiger partial charge in [0.15, 0.2) is 6.10 Å². The molecule has 1 aromatic rings. The van der Waals surface area contributed by atoms with Crippen molar-refractivity contribution in [2.45, 2.75) is 18.8 Å². The first kappa shape index (κ1) is 12.9. The van der Waals surface area contributed by atoms with Gasteiger partial charge < -0.3 is 21.1 Å². The molecule has 1 rings (SSSR count). The highest BCUT2D eigenvalue weighted by atomic mass is 35.5. The molecule has 16 heavy (non-hydrogen) atoms. The van der Waals surface area contributed by atoms with Crippen molar-refractivity contribution in [1.82, 2.24) is 0 Å². The van der Waals surface area contributed by atoms with Crippen molar-refractivity contribution in [3.63, 3.8) is 0 Å². The number of rotatable bonds is 4. The van der Waals surface area contributed by atoms with E-state index < -0.39 is 18.1 Å². The molecule has 0 aliphatic carbocycles. The Bertz CT molecular complexity index is 396. The Balaban J connectivity index is 3.06. The van der Waals surface area contributed by atoms with Crippen LogP contribution < -0.4 is 5.73 Å². The molecule has 88 valence electrons. The molecule has 0 bridgehead atoms. The first-order valence-electron chi connectivity index (χ1n) is 4.52. The second-order valence-electron chi connectivity index (χ2n) is 3.31. The molecule has 0 radical (unpaired) electrons. The van der Waals surface area contributed by atoms with Crippen LogP contribution in [0.2, 0.25) is 5.02 Å². The number of aliphatic hydroxyl groups is 3. The summed E-state index contributed by atoms with van der Waals surface area (Å²) in [5.41, 5.74) is 5.52. The van der Waals surface area contributed by atoms with E-state index in [-0.39, 0.29) is 17.2 Å². The van der Waals surface area contributed by atoms with Crippen LogP contribution in [0.15, 0.2) is 18.2 Å². The Morgan fingerprint density at radius 3 is 2.56 bits per heavy atom. The Hall–Kier alpha value is -1.14. The van der Waals surface area contributed by atoms with E-state index in [0.717, 1.165) is 0 Å². The molecular weight excluding hydrogens is 234 g/mol. The van der Waals surface area contributed by atoms with E-state index >= 15 is 0 Å². The van der Waals surface area contributed by atoms with Gasteiger partial charge in [-0.2, -0.15) is 0 Å². The highest BCUT2D eigenvalue weighted by molar-refractivity contribution is 6.31. The number of carbonyl (C=O) groups is 1. The first-order valence-corrected chi connectivity index (χ1v) is 4.89. The van der Waals surface area contributed by atoms with Gasteiger partial charge >= 0.3 is 0 Å². The standard InChI is InChI=1S/C10H12ClNO4/c11-7-2-1-5(4-13)3-6(7)8(14)9(15)10(12)16/h1-3,8-9,13-15H,4H2,(H2,12,16). The smallest absolute Gasteiger partial charge is 0.249 e. The van der Waals surface area contributed by atoms with Gasteiger partial charge in [-0.15, -0.1) is 0 Å². The minimum Gasteiger partial charge on any atom is -0.392 e. The van der Waals surface area contributed by atoms with Gasteiger partial charge in [-0.1, -0.05) is 17.7 Å². The molecule has 0 saturated carbocycles. The van der Waals surface area contributed by atoms with Gasteiger partial charge in [-0.25, -0.2) is 0 Å². The summed E-state index contributed by atoms with van der Waals surface area (Å²) < 4.78 is 0. The summed E-state index contributed by atoms with van der Waals surface area (Å²) in [5, 5.41) is 28.0. The summed E-state index contributed by atoms with van der Waals surface area (Å²) in [5.74, 6) is -1.04. The lowest BCUT2D eigenvalue weighted by atomic mass is 10.0. The summed E-state index contributed by atoms with van der Waals surface area (Å²) in [6.45, 7) is -0.233. The third-order valence-electron chi connectivity index (χ3n) is 2.15. The predicted octanol–water partition coefficient (Wildman–Crippen LogP) is -0.288. The fourth-order valence-electron chi connectivity index (χ4n) is 1.24. The molecule has 6 heteroatoms. The van der Waals surface area contributed by atoms with E-state index in [4.69, 9.17) is 22.4 Å². The van der Waals surface area contributed by atoms with Crippen LogP contribution in [0.1, 0.15) is 17.2 Å². The SMILES string of the molecule is NC(=O)C(O)C(O)c1cc(CO)ccc1Cl. The predicted molar refractivity (Wildman–Crippen MR) is 57.5 cm³/mol. The van der Waals surface area contributed by atoms with E-state index in [1.807, 2.05) is 0 Å². The lowest BCUT2D eigenvalue weighted by molar-refractivity contribution is -0.131. The molecule has 0 aliphatic heterocycles. The summed E-state index contributed by atoms with van der Waals surface area (Å²) in [6, 6.07) is 4.42. The van der Waals surface area contributed by atoms with Crippen molar-refractivity contribution in [3.05, 3.63) is 34.3 Å². The summed E-state index contributed by atoms with van der Waals surface area (Å²) >= 11 is 5.79. The quantitative estimate of drug-likeness (QED) is 0.585. The molecule has 5 nitrogen and oxygen atoms in total. The van der Waals surface area contributed by atoms with Gasteiger partial charge in [-0.3, -0.25) is 4.79 Å². The second-order valence-corrected chi connectivity index (χ2v) is 3.71. The third kappa shape index (κ3) is 2.70. The van der Waals surface area contributed by atoms with Gasteiger partial charge in [0.25, 0.3) is 0 Å². The van der Waals surface area contributed by atoms with Crippen LogP contribution in [0.5, 0.6) is 0 Å². The number of hydrogen-bond acceptors (Lipinski definition) is 4. The average Bonchev–Trinajstić information content (AvgIpc) is 2.27. The third-order valence-corrected chi connectivity index (χ3v) is 2.50. The molecule has 0 fully saturated rings. The molecule has 0 aromatic heterocycles. The van der Waals surface area contributed by atoms with E-state index in [9.17, 15) is 15.0 Å². The van der Waals surface area contributed by atoms with Gasteiger partial charge in [0.1, 0.15) is 6.10 Å². The molecule has 2 atom stereocenters. The number of benzene rings is 1. The van der Waals surface area contributed by atoms with Crippen LogP contribution in [0.25, 0.3) is 0 Å². The molecule has 0 heterocycles.